The highest BCUT2D eigenvalue weighted by molar-refractivity contribution is 7.20. The number of rotatable bonds is 9. The Morgan fingerprint density at radius 1 is 0.352 bits per heavy atom. The van der Waals surface area contributed by atoms with Crippen molar-refractivity contribution in [3.8, 4) is 22.3 Å². The molecule has 450 valence electrons. The predicted octanol–water partition coefficient (Wildman–Crippen LogP) is 18.1. The minimum absolute atomic E-state index is 0.0641. The van der Waals surface area contributed by atoms with Crippen LogP contribution in [0.2, 0.25) is 0 Å². The minimum atomic E-state index is -2.90. The SMILES string of the molecule is CC(C)(C)c1ccc(N2c3ccccc3B3c4ccc(C(C)(C)C)cc4N(c4ccc(C(C)(C)C)cc4-c4ccccc4)c4cc(N5c6ccc([Si](c7ccccc7)(c7ccccc7)c7ccccc7)cc6C6(C)CCCCC56C)cc2c43)c(-c2ccccc2)c1. The van der Waals surface area contributed by atoms with Crippen LogP contribution in [0, 0.1) is 0 Å². The predicted molar refractivity (Wildman–Crippen MR) is 394 cm³/mol. The Bertz CT molecular complexity index is 4480. The normalized spacial score (nSPS) is 17.7. The number of para-hydroxylation sites is 1. The Kier molecular flexibility index (Phi) is 13.9. The number of hydrogen-bond acceptors (Lipinski definition) is 3. The molecule has 0 radical (unpaired) electrons. The molecule has 3 heterocycles. The van der Waals surface area contributed by atoms with Crippen molar-refractivity contribution in [2.45, 2.75) is 129 Å². The van der Waals surface area contributed by atoms with E-state index in [4.69, 9.17) is 0 Å². The summed E-state index contributed by atoms with van der Waals surface area (Å²) in [4.78, 5) is 8.26. The van der Waals surface area contributed by atoms with Crippen molar-refractivity contribution in [3.63, 3.8) is 0 Å². The Balaban J connectivity index is 1.07. The van der Waals surface area contributed by atoms with Gasteiger partial charge in [-0.2, -0.15) is 0 Å². The van der Waals surface area contributed by atoms with Gasteiger partial charge in [0, 0.05) is 50.7 Å². The second-order valence-electron chi connectivity index (χ2n) is 30.0. The topological polar surface area (TPSA) is 9.72 Å². The third-order valence-electron chi connectivity index (χ3n) is 21.6. The molecule has 91 heavy (non-hydrogen) atoms. The first-order valence-electron chi connectivity index (χ1n) is 33.3. The second kappa shape index (κ2) is 21.6. The van der Waals surface area contributed by atoms with Crippen molar-refractivity contribution >= 4 is 97.4 Å². The Labute approximate surface area is 543 Å². The Morgan fingerprint density at radius 2 is 0.769 bits per heavy atom. The molecule has 5 heteroatoms. The van der Waals surface area contributed by atoms with E-state index in [9.17, 15) is 0 Å². The number of hydrogen-bond donors (Lipinski definition) is 0. The quantitative estimate of drug-likeness (QED) is 0.105. The van der Waals surface area contributed by atoms with Crippen molar-refractivity contribution in [3.05, 3.63) is 283 Å². The summed E-state index contributed by atoms with van der Waals surface area (Å²) in [5.74, 6) is 0. The first-order valence-corrected chi connectivity index (χ1v) is 35.3. The maximum Gasteiger partial charge on any atom is 0.252 e. The van der Waals surface area contributed by atoms with Gasteiger partial charge in [-0.1, -0.05) is 288 Å². The standard InChI is InChI=1S/C86H84BN3Si/c1-82(2,3)61-44-48-74(69(53-61)59-31-17-12-18-32-59)88-77-42-28-27-41-72(77)87-73-47-43-63(84(7,8)9)55-78(73)89(75-49-45-62(83(4,5)6)54-70(75)60-33-19-13-20-34-60)80-57-64(56-79(88)81(80)87)90-76-50-46-68(58-71(76)85(10)51-29-30-52-86(85,90)11)91(65-35-21-14-22-36-65,66-37-23-15-24-38-66)67-39-25-16-26-40-67/h12-28,31-50,53-58H,29-30,51-52H2,1-11H3. The molecule has 4 aliphatic rings. The van der Waals surface area contributed by atoms with Gasteiger partial charge in [0.1, 0.15) is 0 Å². The second-order valence-corrected chi connectivity index (χ2v) is 33.8. The third-order valence-corrected chi connectivity index (χ3v) is 26.4. The summed E-state index contributed by atoms with van der Waals surface area (Å²) in [5.41, 5.74) is 23.3. The highest BCUT2D eigenvalue weighted by atomic mass is 28.3. The van der Waals surface area contributed by atoms with E-state index in [-0.39, 0.29) is 33.9 Å². The number of benzene rings is 11. The lowest BCUT2D eigenvalue weighted by molar-refractivity contribution is 0.195. The van der Waals surface area contributed by atoms with Gasteiger partial charge < -0.3 is 14.7 Å². The van der Waals surface area contributed by atoms with Crippen LogP contribution in [0.25, 0.3) is 22.3 Å². The van der Waals surface area contributed by atoms with E-state index in [1.54, 1.807) is 0 Å². The van der Waals surface area contributed by atoms with E-state index < -0.39 is 8.07 Å². The highest BCUT2D eigenvalue weighted by Crippen LogP contribution is 2.62. The van der Waals surface area contributed by atoms with E-state index in [2.05, 4.69) is 352 Å². The summed E-state index contributed by atoms with van der Waals surface area (Å²) >= 11 is 0. The largest absolute Gasteiger partial charge is 0.334 e. The molecule has 2 atom stereocenters. The molecule has 3 aliphatic heterocycles. The molecule has 0 aromatic heterocycles. The molecule has 0 amide bonds. The van der Waals surface area contributed by atoms with Crippen molar-refractivity contribution < 1.29 is 0 Å². The molecule has 11 aromatic rings. The summed E-state index contributed by atoms with van der Waals surface area (Å²) in [6.45, 7) is 26.4. The van der Waals surface area contributed by atoms with Gasteiger partial charge in [-0.3, -0.25) is 0 Å². The van der Waals surface area contributed by atoms with E-state index in [1.165, 1.54) is 134 Å². The molecule has 3 nitrogen and oxygen atoms in total. The lowest BCUT2D eigenvalue weighted by Crippen LogP contribution is -2.74. The van der Waals surface area contributed by atoms with E-state index in [1.807, 2.05) is 0 Å². The van der Waals surface area contributed by atoms with Gasteiger partial charge in [0.15, 0.2) is 8.07 Å². The summed E-state index contributed by atoms with van der Waals surface area (Å²) in [6.07, 6.45) is 4.51. The molecule has 0 N–H and O–H groups in total. The molecule has 1 aliphatic carbocycles. The maximum atomic E-state index is 2.87. The average Bonchev–Trinajstić information content (AvgIpc) is 1.69. The van der Waals surface area contributed by atoms with Crippen LogP contribution in [0.4, 0.5) is 45.5 Å². The van der Waals surface area contributed by atoms with Gasteiger partial charge in [0.05, 0.1) is 16.9 Å². The zero-order valence-corrected chi connectivity index (χ0v) is 56.1. The first kappa shape index (κ1) is 58.5. The monoisotopic (exact) mass is 1200 g/mol. The summed E-state index contributed by atoms with van der Waals surface area (Å²) in [6, 6.07) is 101. The van der Waals surface area contributed by atoms with Gasteiger partial charge in [0.25, 0.3) is 6.71 Å². The van der Waals surface area contributed by atoms with Crippen molar-refractivity contribution in [2.24, 2.45) is 0 Å². The van der Waals surface area contributed by atoms with Crippen LogP contribution < -0.4 is 51.8 Å². The lowest BCUT2D eigenvalue weighted by Gasteiger charge is -2.51. The lowest BCUT2D eigenvalue weighted by atomic mass is 9.33. The molecular formula is C86H84BN3Si. The highest BCUT2D eigenvalue weighted by Gasteiger charge is 2.59. The summed E-state index contributed by atoms with van der Waals surface area (Å²) in [5, 5.41) is 5.61. The molecule has 0 saturated heterocycles. The molecule has 1 fully saturated rings. The Hall–Kier alpha value is -8.90. The molecule has 15 rings (SSSR count). The van der Waals surface area contributed by atoms with Crippen LogP contribution >= 0.6 is 0 Å². The first-order chi connectivity index (χ1) is 43.8. The molecule has 2 unspecified atom stereocenters. The molecule has 0 spiro atoms. The van der Waals surface area contributed by atoms with Crippen LogP contribution in [-0.4, -0.2) is 20.3 Å². The van der Waals surface area contributed by atoms with Crippen LogP contribution in [0.15, 0.2) is 261 Å². The fourth-order valence-corrected chi connectivity index (χ4v) is 21.3. The fraction of sp³-hybridized carbons (Fsp3) is 0.233. The third kappa shape index (κ3) is 9.26. The van der Waals surface area contributed by atoms with Gasteiger partial charge in [-0.25, -0.2) is 0 Å². The van der Waals surface area contributed by atoms with E-state index in [0.29, 0.717) is 0 Å². The number of anilines is 8. The average molecular weight is 1200 g/mol. The molecular weight excluding hydrogens is 1110 g/mol. The molecule has 1 saturated carbocycles. The van der Waals surface area contributed by atoms with Crippen LogP contribution in [0.5, 0.6) is 0 Å². The summed E-state index contributed by atoms with van der Waals surface area (Å²) in [7, 11) is -2.90. The van der Waals surface area contributed by atoms with Gasteiger partial charge in [-0.15, -0.1) is 0 Å². The van der Waals surface area contributed by atoms with Crippen molar-refractivity contribution in [2.75, 3.05) is 14.7 Å². The molecule has 0 bridgehead atoms. The van der Waals surface area contributed by atoms with Gasteiger partial charge >= 0.3 is 0 Å². The van der Waals surface area contributed by atoms with Crippen molar-refractivity contribution in [1.82, 2.24) is 0 Å². The maximum absolute atomic E-state index is 2.90. The van der Waals surface area contributed by atoms with Crippen LogP contribution in [0.3, 0.4) is 0 Å². The fourth-order valence-electron chi connectivity index (χ4n) is 16.6. The summed E-state index contributed by atoms with van der Waals surface area (Å²) < 4.78 is 0. The zero-order chi connectivity index (χ0) is 62.8. The number of nitrogens with zero attached hydrogens (tertiary/aromatic N) is 3. The van der Waals surface area contributed by atoms with Gasteiger partial charge in [0.2, 0.25) is 0 Å². The van der Waals surface area contributed by atoms with Gasteiger partial charge in [-0.05, 0) is 161 Å². The molecule has 11 aromatic carbocycles. The zero-order valence-electron chi connectivity index (χ0n) is 55.1. The smallest absolute Gasteiger partial charge is 0.252 e. The van der Waals surface area contributed by atoms with Crippen LogP contribution in [-0.2, 0) is 21.7 Å². The Morgan fingerprint density at radius 3 is 1.27 bits per heavy atom. The number of fused-ring (bicyclic) bond motifs is 7. The minimum Gasteiger partial charge on any atom is -0.334 e. The van der Waals surface area contributed by atoms with Crippen molar-refractivity contribution in [1.29, 1.82) is 0 Å². The van der Waals surface area contributed by atoms with E-state index in [0.717, 1.165) is 19.3 Å². The van der Waals surface area contributed by atoms with E-state index >= 15 is 0 Å². The van der Waals surface area contributed by atoms with Crippen LogP contribution in [0.1, 0.15) is 124 Å².